The molecule has 0 spiro atoms. The molecule has 0 bridgehead atoms. The number of fused-ring (bicyclic) bond motifs is 2. The van der Waals surface area contributed by atoms with E-state index in [1.54, 1.807) is 12.1 Å². The molecular weight excluding hydrogens is 362 g/mol. The molecule has 1 aliphatic rings. The number of aryl methyl sites for hydroxylation is 2. The van der Waals surface area contributed by atoms with Crippen LogP contribution in [0.5, 0.6) is 5.75 Å². The van der Waals surface area contributed by atoms with Crippen LogP contribution in [-0.4, -0.2) is 27.9 Å². The van der Waals surface area contributed by atoms with Crippen LogP contribution in [0.3, 0.4) is 0 Å². The Kier molecular flexibility index (Phi) is 6.03. The van der Waals surface area contributed by atoms with E-state index in [0.717, 1.165) is 49.9 Å². The lowest BCUT2D eigenvalue weighted by Gasteiger charge is -2.17. The molecule has 2 aromatic heterocycles. The van der Waals surface area contributed by atoms with Crippen LogP contribution in [0, 0.1) is 0 Å². The van der Waals surface area contributed by atoms with Crippen molar-refractivity contribution < 1.29 is 9.90 Å². The van der Waals surface area contributed by atoms with Gasteiger partial charge in [-0.25, -0.2) is 4.98 Å². The van der Waals surface area contributed by atoms with Crippen molar-refractivity contribution in [2.45, 2.75) is 51.4 Å². The van der Waals surface area contributed by atoms with Gasteiger partial charge in [0, 0.05) is 29.0 Å². The molecule has 0 aliphatic heterocycles. The molecular formula is C24H27N3O2. The Morgan fingerprint density at radius 3 is 2.76 bits per heavy atom. The van der Waals surface area contributed by atoms with Gasteiger partial charge in [-0.2, -0.15) is 0 Å². The minimum Gasteiger partial charge on any atom is -0.506 e. The number of aldehydes is 1. The average Bonchev–Trinajstić information content (AvgIpc) is 2.99. The topological polar surface area (TPSA) is 75.1 Å². The molecule has 0 unspecified atom stereocenters. The molecule has 0 atom stereocenters. The van der Waals surface area contributed by atoms with Crippen LogP contribution in [0.4, 0.5) is 5.69 Å². The molecule has 0 radical (unpaired) electrons. The fourth-order valence-electron chi connectivity index (χ4n) is 4.13. The van der Waals surface area contributed by atoms with Gasteiger partial charge in [-0.05, 0) is 68.7 Å². The number of aromatic hydroxyl groups is 1. The van der Waals surface area contributed by atoms with Crippen LogP contribution in [0.1, 0.15) is 59.5 Å². The Balaban J connectivity index is 1.43. The Hall–Kier alpha value is -2.95. The van der Waals surface area contributed by atoms with Gasteiger partial charge in [-0.3, -0.25) is 9.78 Å². The quantitative estimate of drug-likeness (QED) is 0.343. The number of nitrogens with zero attached hydrogens (tertiary/aromatic N) is 2. The van der Waals surface area contributed by atoms with E-state index in [1.807, 2.05) is 0 Å². The number of pyridine rings is 2. The summed E-state index contributed by atoms with van der Waals surface area (Å²) in [5, 5.41) is 14.5. The highest BCUT2D eigenvalue weighted by Crippen LogP contribution is 2.32. The second kappa shape index (κ2) is 9.03. The van der Waals surface area contributed by atoms with Crippen LogP contribution >= 0.6 is 0 Å². The van der Waals surface area contributed by atoms with Gasteiger partial charge in [-0.1, -0.05) is 24.6 Å². The zero-order chi connectivity index (χ0) is 20.1. The molecule has 150 valence electrons. The summed E-state index contributed by atoms with van der Waals surface area (Å²) in [6, 6.07) is 11.7. The summed E-state index contributed by atoms with van der Waals surface area (Å²) >= 11 is 0. The summed E-state index contributed by atoms with van der Waals surface area (Å²) < 4.78 is 0. The third-order valence-electron chi connectivity index (χ3n) is 5.65. The highest BCUT2D eigenvalue weighted by molar-refractivity contribution is 5.93. The number of benzene rings is 1. The van der Waals surface area contributed by atoms with Crippen molar-refractivity contribution in [2.75, 3.05) is 11.9 Å². The Labute approximate surface area is 171 Å². The largest absolute Gasteiger partial charge is 0.506 e. The second-order valence-electron chi connectivity index (χ2n) is 7.70. The van der Waals surface area contributed by atoms with Gasteiger partial charge >= 0.3 is 0 Å². The average molecular weight is 389 g/mol. The van der Waals surface area contributed by atoms with Crippen molar-refractivity contribution in [3.8, 4) is 5.75 Å². The zero-order valence-corrected chi connectivity index (χ0v) is 16.7. The van der Waals surface area contributed by atoms with E-state index in [9.17, 15) is 9.90 Å². The SMILES string of the molecule is O=Cc1nc(CCCCNc2c3c(nc4ccccc24)CCCCC3)ccc1O. The van der Waals surface area contributed by atoms with E-state index in [-0.39, 0.29) is 11.4 Å². The van der Waals surface area contributed by atoms with Crippen molar-refractivity contribution in [1.29, 1.82) is 0 Å². The lowest BCUT2D eigenvalue weighted by Crippen LogP contribution is -2.09. The monoisotopic (exact) mass is 389 g/mol. The number of para-hydroxylation sites is 1. The van der Waals surface area contributed by atoms with E-state index in [0.29, 0.717) is 6.29 Å². The maximum absolute atomic E-state index is 10.9. The van der Waals surface area contributed by atoms with Gasteiger partial charge in [0.2, 0.25) is 0 Å². The molecule has 2 heterocycles. The van der Waals surface area contributed by atoms with Crippen LogP contribution in [0.15, 0.2) is 36.4 Å². The van der Waals surface area contributed by atoms with Crippen molar-refractivity contribution in [1.82, 2.24) is 9.97 Å². The second-order valence-corrected chi connectivity index (χ2v) is 7.70. The van der Waals surface area contributed by atoms with E-state index in [4.69, 9.17) is 4.98 Å². The maximum Gasteiger partial charge on any atom is 0.172 e. The first-order valence-electron chi connectivity index (χ1n) is 10.5. The van der Waals surface area contributed by atoms with Crippen molar-refractivity contribution >= 4 is 22.9 Å². The smallest absolute Gasteiger partial charge is 0.172 e. The Morgan fingerprint density at radius 2 is 1.86 bits per heavy atom. The molecule has 2 N–H and O–H groups in total. The zero-order valence-electron chi connectivity index (χ0n) is 16.7. The molecule has 0 fully saturated rings. The predicted molar refractivity (Wildman–Crippen MR) is 116 cm³/mol. The molecule has 5 heteroatoms. The molecule has 0 saturated carbocycles. The number of aromatic nitrogens is 2. The number of hydrogen-bond acceptors (Lipinski definition) is 5. The minimum absolute atomic E-state index is 0.0596. The standard InChI is InChI=1S/C24H27N3O2/c28-16-22-23(29)14-13-17(26-22)8-6-7-15-25-24-18-9-2-1-3-11-20(18)27-21-12-5-4-10-19(21)24/h4-5,10,12-14,16,29H,1-3,6-9,11,15H2,(H,25,27). The van der Waals surface area contributed by atoms with Gasteiger partial charge in [-0.15, -0.1) is 0 Å². The van der Waals surface area contributed by atoms with Gasteiger partial charge < -0.3 is 10.4 Å². The third kappa shape index (κ3) is 4.39. The summed E-state index contributed by atoms with van der Waals surface area (Å²) in [4.78, 5) is 20.1. The predicted octanol–water partition coefficient (Wildman–Crippen LogP) is 4.85. The van der Waals surface area contributed by atoms with Gasteiger partial charge in [0.05, 0.1) is 5.52 Å². The van der Waals surface area contributed by atoms with E-state index < -0.39 is 0 Å². The first-order chi connectivity index (χ1) is 14.3. The number of carbonyl (C=O) groups excluding carboxylic acids is 1. The summed E-state index contributed by atoms with van der Waals surface area (Å²) in [5.74, 6) is -0.0596. The van der Waals surface area contributed by atoms with Gasteiger partial charge in [0.25, 0.3) is 0 Å². The van der Waals surface area contributed by atoms with Crippen molar-refractivity contribution in [3.63, 3.8) is 0 Å². The fraction of sp³-hybridized carbons (Fsp3) is 0.375. The molecule has 0 amide bonds. The third-order valence-corrected chi connectivity index (χ3v) is 5.65. The molecule has 5 nitrogen and oxygen atoms in total. The van der Waals surface area contributed by atoms with Crippen LogP contribution < -0.4 is 5.32 Å². The first-order valence-corrected chi connectivity index (χ1v) is 10.5. The first kappa shape index (κ1) is 19.4. The maximum atomic E-state index is 10.9. The number of rotatable bonds is 7. The highest BCUT2D eigenvalue weighted by atomic mass is 16.3. The summed E-state index contributed by atoms with van der Waals surface area (Å²) in [7, 11) is 0. The van der Waals surface area contributed by atoms with Crippen LogP contribution in [-0.2, 0) is 19.3 Å². The molecule has 4 rings (SSSR count). The summed E-state index contributed by atoms with van der Waals surface area (Å²) in [5.41, 5.74) is 5.96. The van der Waals surface area contributed by atoms with Gasteiger partial charge in [0.1, 0.15) is 11.4 Å². The van der Waals surface area contributed by atoms with Crippen LogP contribution in [0.25, 0.3) is 10.9 Å². The molecule has 1 aliphatic carbocycles. The van der Waals surface area contributed by atoms with E-state index in [1.165, 1.54) is 41.6 Å². The lowest BCUT2D eigenvalue weighted by molar-refractivity contribution is 0.111. The van der Waals surface area contributed by atoms with E-state index in [2.05, 4.69) is 34.6 Å². The van der Waals surface area contributed by atoms with E-state index >= 15 is 0 Å². The van der Waals surface area contributed by atoms with Crippen molar-refractivity contribution in [3.05, 3.63) is 59.0 Å². The highest BCUT2D eigenvalue weighted by Gasteiger charge is 2.16. The van der Waals surface area contributed by atoms with Crippen molar-refractivity contribution in [2.24, 2.45) is 0 Å². The number of carbonyl (C=O) groups is 1. The van der Waals surface area contributed by atoms with Crippen LogP contribution in [0.2, 0.25) is 0 Å². The Morgan fingerprint density at radius 1 is 1.00 bits per heavy atom. The molecule has 29 heavy (non-hydrogen) atoms. The number of unbranched alkanes of at least 4 members (excludes halogenated alkanes) is 1. The molecule has 3 aromatic rings. The fourth-order valence-corrected chi connectivity index (χ4v) is 4.13. The number of anilines is 1. The minimum atomic E-state index is -0.0596. The number of nitrogens with one attached hydrogen (secondary N) is 1. The lowest BCUT2D eigenvalue weighted by atomic mass is 10.0. The molecule has 0 saturated heterocycles. The molecule has 1 aromatic carbocycles. The summed E-state index contributed by atoms with van der Waals surface area (Å²) in [6.07, 6.45) is 9.25. The summed E-state index contributed by atoms with van der Waals surface area (Å²) in [6.45, 7) is 0.888. The normalized spacial score (nSPS) is 13.7. The number of hydrogen-bond donors (Lipinski definition) is 2. The van der Waals surface area contributed by atoms with Gasteiger partial charge in [0.15, 0.2) is 6.29 Å². The Bertz CT molecular complexity index is 1020.